The third-order valence-corrected chi connectivity index (χ3v) is 5.18. The van der Waals surface area contributed by atoms with E-state index in [-0.39, 0.29) is 17.0 Å². The predicted octanol–water partition coefficient (Wildman–Crippen LogP) is 0.331. The number of benzene rings is 1. The Balaban J connectivity index is 1.75. The smallest absolute Gasteiger partial charge is 0.262 e. The Hall–Kier alpha value is -3.18. The minimum absolute atomic E-state index is 0.107. The largest absolute Gasteiger partial charge is 0.456 e. The number of aromatic amines is 1. The van der Waals surface area contributed by atoms with Crippen molar-refractivity contribution in [2.45, 2.75) is 24.5 Å². The van der Waals surface area contributed by atoms with Crippen LogP contribution >= 0.6 is 0 Å². The molecular weight excluding hydrogens is 380 g/mol. The molecule has 0 radical (unpaired) electrons. The molecule has 5 rings (SSSR count). The summed E-state index contributed by atoms with van der Waals surface area (Å²) in [4.78, 5) is 19.3. The summed E-state index contributed by atoms with van der Waals surface area (Å²) in [6.07, 6.45) is -3.12. The van der Waals surface area contributed by atoms with Gasteiger partial charge in [0, 0.05) is 11.6 Å². The molecule has 0 amide bonds. The van der Waals surface area contributed by atoms with Crippen LogP contribution in [-0.4, -0.2) is 54.8 Å². The molecule has 1 aromatic carbocycles. The lowest BCUT2D eigenvalue weighted by atomic mass is 10.1. The molecule has 6 N–H and O–H groups in total. The van der Waals surface area contributed by atoms with Gasteiger partial charge in [-0.3, -0.25) is 9.78 Å². The van der Waals surface area contributed by atoms with E-state index < -0.39 is 36.7 Å². The van der Waals surface area contributed by atoms with Crippen molar-refractivity contribution in [3.8, 4) is 11.3 Å². The molecule has 4 heterocycles. The first kappa shape index (κ1) is 17.9. The average molecular weight is 398 g/mol. The van der Waals surface area contributed by atoms with E-state index in [2.05, 4.69) is 9.97 Å². The Bertz CT molecular complexity index is 1240. The zero-order valence-electron chi connectivity index (χ0n) is 15.0. The van der Waals surface area contributed by atoms with Crippen LogP contribution in [0.25, 0.3) is 33.3 Å². The number of hydrogen-bond acceptors (Lipinski definition) is 8. The van der Waals surface area contributed by atoms with Crippen LogP contribution in [0, 0.1) is 0 Å². The maximum absolute atomic E-state index is 12.7. The van der Waals surface area contributed by atoms with E-state index in [1.807, 2.05) is 24.3 Å². The van der Waals surface area contributed by atoms with Gasteiger partial charge in [-0.15, -0.1) is 0 Å². The fraction of sp³-hybridized carbons (Fsp3) is 0.263. The Morgan fingerprint density at radius 2 is 2.03 bits per heavy atom. The van der Waals surface area contributed by atoms with Crippen LogP contribution < -0.4 is 11.3 Å². The summed E-state index contributed by atoms with van der Waals surface area (Å²) in [5.74, 6) is 0.323. The van der Waals surface area contributed by atoms with Gasteiger partial charge in [0.15, 0.2) is 11.9 Å². The average Bonchev–Trinajstić information content (AvgIpc) is 3.36. The van der Waals surface area contributed by atoms with Crippen molar-refractivity contribution in [1.82, 2.24) is 14.5 Å². The van der Waals surface area contributed by atoms with E-state index in [4.69, 9.17) is 14.9 Å². The maximum Gasteiger partial charge on any atom is 0.262 e. The minimum Gasteiger partial charge on any atom is -0.456 e. The molecule has 1 fully saturated rings. The fourth-order valence-electron chi connectivity index (χ4n) is 3.78. The van der Waals surface area contributed by atoms with Crippen molar-refractivity contribution in [1.29, 1.82) is 0 Å². The number of nitrogens with one attached hydrogen (secondary N) is 1. The number of aliphatic hydroxyl groups excluding tert-OH is 3. The molecule has 150 valence electrons. The van der Waals surface area contributed by atoms with Crippen LogP contribution in [0.5, 0.6) is 0 Å². The van der Waals surface area contributed by atoms with Crippen LogP contribution in [0.4, 0.5) is 5.95 Å². The number of aromatic nitrogens is 3. The van der Waals surface area contributed by atoms with Crippen molar-refractivity contribution in [3.63, 3.8) is 0 Å². The first-order valence-corrected chi connectivity index (χ1v) is 8.99. The van der Waals surface area contributed by atoms with Gasteiger partial charge in [0.1, 0.15) is 29.7 Å². The van der Waals surface area contributed by atoms with Gasteiger partial charge < -0.3 is 34.8 Å². The quantitative estimate of drug-likeness (QED) is 0.330. The predicted molar refractivity (Wildman–Crippen MR) is 103 cm³/mol. The number of nitrogens with zero attached hydrogens (tertiary/aromatic N) is 2. The molecule has 0 aliphatic carbocycles. The molecule has 10 nitrogen and oxygen atoms in total. The lowest BCUT2D eigenvalue weighted by molar-refractivity contribution is -0.0508. The molecular formula is C19H18N4O6. The van der Waals surface area contributed by atoms with Crippen LogP contribution in [0.15, 0.2) is 45.7 Å². The summed E-state index contributed by atoms with van der Waals surface area (Å²) in [6, 6.07) is 9.20. The highest BCUT2D eigenvalue weighted by molar-refractivity contribution is 5.95. The first-order chi connectivity index (χ1) is 14.0. The van der Waals surface area contributed by atoms with Crippen molar-refractivity contribution in [2.75, 3.05) is 12.3 Å². The van der Waals surface area contributed by atoms with Crippen molar-refractivity contribution < 1.29 is 24.5 Å². The van der Waals surface area contributed by atoms with Gasteiger partial charge in [-0.05, 0) is 12.1 Å². The highest BCUT2D eigenvalue weighted by Gasteiger charge is 2.44. The summed E-state index contributed by atoms with van der Waals surface area (Å²) in [7, 11) is 0. The van der Waals surface area contributed by atoms with E-state index in [1.165, 1.54) is 4.57 Å². The van der Waals surface area contributed by atoms with Gasteiger partial charge in [0.25, 0.3) is 5.56 Å². The van der Waals surface area contributed by atoms with E-state index in [0.717, 1.165) is 5.39 Å². The lowest BCUT2D eigenvalue weighted by Gasteiger charge is -2.17. The van der Waals surface area contributed by atoms with Crippen LogP contribution in [0.3, 0.4) is 0 Å². The van der Waals surface area contributed by atoms with Crippen molar-refractivity contribution in [3.05, 3.63) is 46.9 Å². The Morgan fingerprint density at radius 1 is 1.24 bits per heavy atom. The molecule has 4 atom stereocenters. The number of fused-ring (bicyclic) bond motifs is 2. The number of H-pyrrole nitrogens is 1. The van der Waals surface area contributed by atoms with Gasteiger partial charge in [0.05, 0.1) is 17.6 Å². The molecule has 1 aliphatic rings. The van der Waals surface area contributed by atoms with Crippen LogP contribution in [0.2, 0.25) is 0 Å². The van der Waals surface area contributed by atoms with Gasteiger partial charge in [-0.2, -0.15) is 4.98 Å². The SMILES string of the molecule is Nc1nc2c(c(-c3cc4ccccc4o3)cn2[C@@H]2O[C@H](CO)[C@@H](O)[C@H]2O)c(=O)[nH]1. The second-order valence-electron chi connectivity index (χ2n) is 6.98. The van der Waals surface area contributed by atoms with Crippen molar-refractivity contribution >= 4 is 28.0 Å². The maximum atomic E-state index is 12.7. The zero-order valence-corrected chi connectivity index (χ0v) is 15.0. The highest BCUT2D eigenvalue weighted by Crippen LogP contribution is 2.37. The Morgan fingerprint density at radius 3 is 2.76 bits per heavy atom. The van der Waals surface area contributed by atoms with E-state index in [1.54, 1.807) is 12.3 Å². The first-order valence-electron chi connectivity index (χ1n) is 8.99. The number of hydrogen-bond donors (Lipinski definition) is 5. The Labute approximate surface area is 162 Å². The van der Waals surface area contributed by atoms with Gasteiger partial charge in [0.2, 0.25) is 5.95 Å². The summed E-state index contributed by atoms with van der Waals surface area (Å²) < 4.78 is 12.9. The molecule has 0 spiro atoms. The van der Waals surface area contributed by atoms with Crippen LogP contribution in [-0.2, 0) is 4.74 Å². The van der Waals surface area contributed by atoms with Gasteiger partial charge in [-0.1, -0.05) is 18.2 Å². The van der Waals surface area contributed by atoms with Crippen LogP contribution in [0.1, 0.15) is 6.23 Å². The molecule has 0 saturated carbocycles. The highest BCUT2D eigenvalue weighted by atomic mass is 16.6. The number of nitrogen functional groups attached to an aromatic ring is 1. The second-order valence-corrected chi connectivity index (χ2v) is 6.98. The third-order valence-electron chi connectivity index (χ3n) is 5.18. The molecule has 0 unspecified atom stereocenters. The fourth-order valence-corrected chi connectivity index (χ4v) is 3.78. The second kappa shape index (κ2) is 6.42. The van der Waals surface area contributed by atoms with E-state index in [9.17, 15) is 20.1 Å². The number of nitrogens with two attached hydrogens (primary N) is 1. The zero-order chi connectivity index (χ0) is 20.3. The molecule has 3 aromatic heterocycles. The minimum atomic E-state index is -1.34. The molecule has 0 bridgehead atoms. The molecule has 10 heteroatoms. The van der Waals surface area contributed by atoms with Crippen molar-refractivity contribution in [2.24, 2.45) is 0 Å². The number of ether oxygens (including phenoxy) is 1. The molecule has 4 aromatic rings. The number of rotatable bonds is 3. The van der Waals surface area contributed by atoms with Gasteiger partial charge in [-0.25, -0.2) is 0 Å². The summed E-state index contributed by atoms with van der Waals surface area (Å²) >= 11 is 0. The molecule has 1 aliphatic heterocycles. The standard InChI is InChI=1S/C19H18N4O6/c20-19-21-16-13(17(27)22-19)9(11-5-8-3-1-2-4-10(8)28-11)6-23(16)18-15(26)14(25)12(7-24)29-18/h1-6,12,14-15,18,24-26H,7H2,(H3,20,21,22,27)/t12-,14-,15-,18-/m1/s1. The summed E-state index contributed by atoms with van der Waals surface area (Å²) in [5, 5.41) is 31.0. The number of aliphatic hydroxyl groups is 3. The topological polar surface area (TPSA) is 160 Å². The lowest BCUT2D eigenvalue weighted by Crippen LogP contribution is -2.33. The number of anilines is 1. The molecule has 29 heavy (non-hydrogen) atoms. The Kier molecular flexibility index (Phi) is 3.96. The molecule has 1 saturated heterocycles. The number of furan rings is 1. The number of para-hydroxylation sites is 1. The van der Waals surface area contributed by atoms with E-state index in [0.29, 0.717) is 16.9 Å². The van der Waals surface area contributed by atoms with E-state index >= 15 is 0 Å². The third kappa shape index (κ3) is 2.65. The normalized spacial score (nSPS) is 24.7. The monoisotopic (exact) mass is 398 g/mol. The summed E-state index contributed by atoms with van der Waals surface area (Å²) in [6.45, 7) is -0.472. The van der Waals surface area contributed by atoms with Gasteiger partial charge >= 0.3 is 0 Å². The summed E-state index contributed by atoms with van der Waals surface area (Å²) in [5.41, 5.74) is 6.49.